The third-order valence-corrected chi connectivity index (χ3v) is 2.28. The number of nitrogens with two attached hydrogens (primary N) is 1. The van der Waals surface area contributed by atoms with Crippen molar-refractivity contribution >= 4 is 7.82 Å². The minimum atomic E-state index is -4.44. The molecular weight excluding hydrogens is 217 g/mol. The lowest BCUT2D eigenvalue weighted by atomic mass is 10.1. The van der Waals surface area contributed by atoms with Gasteiger partial charge in [0.1, 0.15) is 24.5 Å². The van der Waals surface area contributed by atoms with Gasteiger partial charge in [0, 0.05) is 0 Å². The summed E-state index contributed by atoms with van der Waals surface area (Å²) in [7, 11) is -4.44. The van der Waals surface area contributed by atoms with E-state index in [-0.39, 0.29) is 0 Å². The number of phosphoric ester groups is 1. The average Bonchev–Trinajstić information content (AvgIpc) is 2.43. The van der Waals surface area contributed by atoms with Crippen LogP contribution in [-0.4, -0.2) is 52.6 Å². The van der Waals surface area contributed by atoms with E-state index < -0.39 is 39.0 Å². The lowest BCUT2D eigenvalue weighted by Crippen LogP contribution is -2.37. The predicted octanol–water partition coefficient (Wildman–Crippen LogP) is -2.50. The van der Waals surface area contributed by atoms with Crippen LogP contribution >= 0.6 is 7.82 Å². The number of aliphatic hydroxyl groups is 2. The fraction of sp³-hybridized carbons (Fsp3) is 1.00. The molecule has 1 saturated heterocycles. The van der Waals surface area contributed by atoms with Crippen LogP contribution in [0.5, 0.6) is 0 Å². The Hall–Kier alpha value is -0.0500. The second kappa shape index (κ2) is 4.21. The van der Waals surface area contributed by atoms with Crippen LogP contribution in [0.15, 0.2) is 0 Å². The van der Waals surface area contributed by atoms with Gasteiger partial charge in [-0.1, -0.05) is 0 Å². The molecule has 0 amide bonds. The lowest BCUT2D eigenvalue weighted by Gasteiger charge is -2.14. The first-order chi connectivity index (χ1) is 6.87. The lowest BCUT2D eigenvalue weighted by molar-refractivity contribution is -0.0197. The molecule has 0 spiro atoms. The number of ether oxygens (including phenoxy) is 1. The minimum absolute atomic E-state index is 0.515. The topological polar surface area (TPSA) is 142 Å². The van der Waals surface area contributed by atoms with E-state index in [0.717, 1.165) is 0 Å². The highest BCUT2D eigenvalue weighted by Gasteiger charge is 2.41. The van der Waals surface area contributed by atoms with E-state index in [1.807, 2.05) is 0 Å². The summed E-state index contributed by atoms with van der Waals surface area (Å²) in [5.74, 6) is 0. The van der Waals surface area contributed by atoms with Crippen molar-refractivity contribution in [3.63, 3.8) is 0 Å². The highest BCUT2D eigenvalue weighted by Crippen LogP contribution is 2.36. The minimum Gasteiger partial charge on any atom is -0.387 e. The van der Waals surface area contributed by atoms with Crippen molar-refractivity contribution < 1.29 is 33.8 Å². The molecular formula is C5H12NO7P. The van der Waals surface area contributed by atoms with E-state index >= 15 is 0 Å². The second-order valence-corrected chi connectivity index (χ2v) is 4.08. The molecule has 0 aliphatic carbocycles. The number of rotatable bonds is 4. The fourth-order valence-corrected chi connectivity index (χ4v) is 1.42. The molecule has 14 heavy (non-hydrogen) atoms. The molecule has 9 heteroatoms. The zero-order valence-corrected chi connectivity index (χ0v) is 7.91. The van der Waals surface area contributed by atoms with Crippen molar-refractivity contribution in [3.05, 3.63) is 0 Å². The molecule has 2 unspecified atom stereocenters. The van der Waals surface area contributed by atoms with Gasteiger partial charge in [-0.15, -0.1) is 0 Å². The molecule has 0 saturated carbocycles. The Morgan fingerprint density at radius 3 is 2.64 bits per heavy atom. The van der Waals surface area contributed by atoms with Gasteiger partial charge in [0.25, 0.3) is 0 Å². The average molecular weight is 230 g/mol. The Balaban J connectivity index is 2.44. The number of aliphatic hydroxyl groups excluding tert-OH is 2. The predicted molar refractivity (Wildman–Crippen MR) is 42.9 cm³/mol. The van der Waals surface area contributed by atoms with Gasteiger partial charge < -0.3 is 30.5 Å². The summed E-state index contributed by atoms with van der Waals surface area (Å²) in [6.45, 7) is -0.515. The SMILES string of the molecule is [2H]OP(=O)(O)OC[C@H]1OC(N)[C@H](O)[C@@H]1O. The maximum Gasteiger partial charge on any atom is 0.469 e. The van der Waals surface area contributed by atoms with E-state index in [9.17, 15) is 9.67 Å². The van der Waals surface area contributed by atoms with Gasteiger partial charge in [-0.05, 0) is 0 Å². The second-order valence-electron chi connectivity index (χ2n) is 2.88. The van der Waals surface area contributed by atoms with Crippen molar-refractivity contribution in [2.75, 3.05) is 6.61 Å². The molecule has 8 nitrogen and oxygen atoms in total. The monoisotopic (exact) mass is 230 g/mol. The number of phosphoric acid groups is 1. The summed E-state index contributed by atoms with van der Waals surface area (Å²) in [6.07, 6.45) is -4.71. The Morgan fingerprint density at radius 2 is 2.21 bits per heavy atom. The highest BCUT2D eigenvalue weighted by atomic mass is 31.2. The Labute approximate surface area is 81.0 Å². The van der Waals surface area contributed by atoms with Crippen LogP contribution < -0.4 is 5.73 Å². The van der Waals surface area contributed by atoms with Gasteiger partial charge >= 0.3 is 7.82 Å². The van der Waals surface area contributed by atoms with Gasteiger partial charge in [0.15, 0.2) is 0 Å². The van der Waals surface area contributed by atoms with Crippen LogP contribution in [0, 0.1) is 0 Å². The van der Waals surface area contributed by atoms with Crippen LogP contribution in [0.1, 0.15) is 0 Å². The van der Waals surface area contributed by atoms with E-state index in [1.165, 1.54) is 0 Å². The normalized spacial score (nSPS) is 43.3. The Morgan fingerprint density at radius 1 is 1.57 bits per heavy atom. The largest absolute Gasteiger partial charge is 0.469 e. The summed E-state index contributed by atoms with van der Waals surface area (Å²) in [5.41, 5.74) is 5.24. The van der Waals surface area contributed by atoms with Crippen LogP contribution in [0.25, 0.3) is 0 Å². The fourth-order valence-electron chi connectivity index (χ4n) is 1.08. The zero-order valence-electron chi connectivity index (χ0n) is 8.02. The van der Waals surface area contributed by atoms with Gasteiger partial charge in [-0.2, -0.15) is 0 Å². The molecule has 1 heterocycles. The Bertz CT molecular complexity index is 266. The van der Waals surface area contributed by atoms with Crippen molar-refractivity contribution in [2.45, 2.75) is 24.5 Å². The highest BCUT2D eigenvalue weighted by molar-refractivity contribution is 7.46. The maximum absolute atomic E-state index is 10.7. The molecule has 0 radical (unpaired) electrons. The quantitative estimate of drug-likeness (QED) is 0.333. The molecule has 1 fully saturated rings. The van der Waals surface area contributed by atoms with Crippen molar-refractivity contribution in [1.82, 2.24) is 0 Å². The maximum atomic E-state index is 10.7. The van der Waals surface area contributed by atoms with Crippen molar-refractivity contribution in [1.29, 1.82) is 1.43 Å². The standard InChI is InChI=1S/C5H12NO7P/c6-5-4(8)3(7)2(13-5)1-12-14(9,10)11/h2-5,7-8H,1,6H2,(H2,9,10,11)/t2-,3-,4-,5?/m1/s1/i/hD. The van der Waals surface area contributed by atoms with Crippen LogP contribution in [0.2, 0.25) is 0 Å². The summed E-state index contributed by atoms with van der Waals surface area (Å²) in [6, 6.07) is 0. The van der Waals surface area contributed by atoms with Crippen molar-refractivity contribution in [2.24, 2.45) is 5.73 Å². The molecule has 5 atom stereocenters. The molecule has 0 bridgehead atoms. The molecule has 0 aromatic heterocycles. The third-order valence-electron chi connectivity index (χ3n) is 1.80. The van der Waals surface area contributed by atoms with Gasteiger partial charge in [0.05, 0.1) is 6.61 Å². The van der Waals surface area contributed by atoms with Crippen LogP contribution in [0.3, 0.4) is 0 Å². The Kier molecular flexibility index (Phi) is 3.15. The van der Waals surface area contributed by atoms with Gasteiger partial charge in [0.2, 0.25) is 1.43 Å². The van der Waals surface area contributed by atoms with Crippen LogP contribution in [-0.2, 0) is 13.8 Å². The van der Waals surface area contributed by atoms with Crippen molar-refractivity contribution in [3.8, 4) is 0 Å². The number of hydrogen-bond donors (Lipinski definition) is 5. The molecule has 0 aromatic rings. The first-order valence-corrected chi connectivity index (χ1v) is 5.26. The van der Waals surface area contributed by atoms with Gasteiger partial charge in [-0.25, -0.2) is 4.57 Å². The summed E-state index contributed by atoms with van der Waals surface area (Å²) in [5, 5.41) is 18.5. The summed E-state index contributed by atoms with van der Waals surface area (Å²) >= 11 is 0. The zero-order chi connectivity index (χ0) is 11.6. The molecule has 0 aromatic carbocycles. The van der Waals surface area contributed by atoms with E-state index in [1.54, 1.807) is 0 Å². The van der Waals surface area contributed by atoms with E-state index in [4.69, 9.17) is 21.9 Å². The van der Waals surface area contributed by atoms with Gasteiger partial charge in [-0.3, -0.25) is 4.52 Å². The number of hydrogen-bond acceptors (Lipinski definition) is 7. The first kappa shape index (κ1) is 10.5. The summed E-state index contributed by atoms with van der Waals surface area (Å²) < 4.78 is 26.0. The molecule has 1 aliphatic rings. The molecule has 1 aliphatic heterocycles. The smallest absolute Gasteiger partial charge is 0.387 e. The van der Waals surface area contributed by atoms with E-state index in [0.29, 0.717) is 0 Å². The molecule has 84 valence electrons. The summed E-state index contributed by atoms with van der Waals surface area (Å²) in [4.78, 5) is 12.1. The van der Waals surface area contributed by atoms with Crippen LogP contribution in [0.4, 0.5) is 0 Å². The van der Waals surface area contributed by atoms with E-state index in [2.05, 4.69) is 9.42 Å². The molecule has 1 rings (SSSR count). The molecule has 6 N–H and O–H groups in total. The third kappa shape index (κ3) is 2.97. The first-order valence-electron chi connectivity index (χ1n) is 4.17.